The van der Waals surface area contributed by atoms with Gasteiger partial charge in [-0.15, -0.1) is 0 Å². The van der Waals surface area contributed by atoms with Gasteiger partial charge >= 0.3 is 0 Å². The Bertz CT molecular complexity index is 556. The van der Waals surface area contributed by atoms with Crippen LogP contribution in [0.15, 0.2) is 23.1 Å². The fourth-order valence-corrected chi connectivity index (χ4v) is 2.72. The quantitative estimate of drug-likeness (QED) is 0.791. The first-order chi connectivity index (χ1) is 9.20. The van der Waals surface area contributed by atoms with Gasteiger partial charge in [-0.3, -0.25) is 0 Å². The summed E-state index contributed by atoms with van der Waals surface area (Å²) >= 11 is 0. The van der Waals surface area contributed by atoms with Crippen molar-refractivity contribution in [2.24, 2.45) is 5.92 Å². The molecule has 2 atom stereocenters. The lowest BCUT2D eigenvalue weighted by Crippen LogP contribution is -2.24. The van der Waals surface area contributed by atoms with E-state index in [0.717, 1.165) is 12.1 Å². The van der Waals surface area contributed by atoms with E-state index in [0.29, 0.717) is 11.6 Å². The number of benzene rings is 1. The molecule has 3 N–H and O–H groups in total. The molecule has 0 saturated heterocycles. The summed E-state index contributed by atoms with van der Waals surface area (Å²) in [5, 5.41) is 3.34. The number of anilines is 2. The van der Waals surface area contributed by atoms with E-state index in [1.165, 1.54) is 24.5 Å². The van der Waals surface area contributed by atoms with Crippen LogP contribution in [0.4, 0.5) is 11.4 Å². The molecule has 5 nitrogen and oxygen atoms in total. The van der Waals surface area contributed by atoms with Crippen LogP contribution in [0.1, 0.15) is 27.2 Å². The van der Waals surface area contributed by atoms with Crippen molar-refractivity contribution in [3.63, 3.8) is 0 Å². The maximum atomic E-state index is 12.0. The molecule has 0 fully saturated rings. The van der Waals surface area contributed by atoms with E-state index in [2.05, 4.69) is 26.1 Å². The first kappa shape index (κ1) is 16.8. The van der Waals surface area contributed by atoms with Crippen molar-refractivity contribution < 1.29 is 8.42 Å². The minimum atomic E-state index is -3.44. The molecule has 1 rings (SSSR count). The fraction of sp³-hybridized carbons (Fsp3) is 0.571. The largest absolute Gasteiger partial charge is 0.397 e. The second-order valence-electron chi connectivity index (χ2n) is 5.36. The number of nitrogens with one attached hydrogen (secondary N) is 1. The smallest absolute Gasteiger partial charge is 0.242 e. The van der Waals surface area contributed by atoms with Crippen molar-refractivity contribution in [1.82, 2.24) is 4.31 Å². The summed E-state index contributed by atoms with van der Waals surface area (Å²) in [5.41, 5.74) is 7.18. The van der Waals surface area contributed by atoms with Crippen LogP contribution in [-0.2, 0) is 10.0 Å². The third kappa shape index (κ3) is 3.64. The van der Waals surface area contributed by atoms with Gasteiger partial charge in [-0.05, 0) is 31.0 Å². The summed E-state index contributed by atoms with van der Waals surface area (Å²) in [6.45, 7) is 6.40. The summed E-state index contributed by atoms with van der Waals surface area (Å²) in [6, 6.07) is 5.08. The molecule has 20 heavy (non-hydrogen) atoms. The molecule has 0 amide bonds. The van der Waals surface area contributed by atoms with Crippen LogP contribution < -0.4 is 11.1 Å². The van der Waals surface area contributed by atoms with Crippen LogP contribution in [0.2, 0.25) is 0 Å². The van der Waals surface area contributed by atoms with Gasteiger partial charge in [-0.1, -0.05) is 20.3 Å². The molecule has 114 valence electrons. The lowest BCUT2D eigenvalue weighted by atomic mass is 10.0. The molecule has 0 spiro atoms. The fourth-order valence-electron chi connectivity index (χ4n) is 1.78. The van der Waals surface area contributed by atoms with E-state index in [1.54, 1.807) is 12.1 Å². The highest BCUT2D eigenvalue weighted by molar-refractivity contribution is 7.89. The second-order valence-corrected chi connectivity index (χ2v) is 7.51. The molecule has 0 bridgehead atoms. The molecule has 0 aliphatic carbocycles. The van der Waals surface area contributed by atoms with Crippen LogP contribution in [-0.4, -0.2) is 32.9 Å². The molecule has 1 aromatic carbocycles. The molecule has 0 saturated carbocycles. The van der Waals surface area contributed by atoms with Crippen LogP contribution in [0, 0.1) is 5.92 Å². The minimum Gasteiger partial charge on any atom is -0.397 e. The summed E-state index contributed by atoms with van der Waals surface area (Å²) in [5.74, 6) is 0.514. The molecule has 2 unspecified atom stereocenters. The zero-order valence-electron chi connectivity index (χ0n) is 12.8. The Morgan fingerprint density at radius 1 is 1.30 bits per heavy atom. The zero-order valence-corrected chi connectivity index (χ0v) is 13.7. The summed E-state index contributed by atoms with van der Waals surface area (Å²) in [7, 11) is -0.435. The van der Waals surface area contributed by atoms with Gasteiger partial charge in [0, 0.05) is 20.1 Å². The Morgan fingerprint density at radius 3 is 2.35 bits per heavy atom. The van der Waals surface area contributed by atoms with E-state index in [1.807, 2.05) is 0 Å². The van der Waals surface area contributed by atoms with Crippen molar-refractivity contribution in [3.05, 3.63) is 18.2 Å². The second kappa shape index (κ2) is 6.45. The van der Waals surface area contributed by atoms with Crippen LogP contribution in [0.5, 0.6) is 0 Å². The summed E-state index contributed by atoms with van der Waals surface area (Å²) in [6.07, 6.45) is 1.07. The number of nitrogen functional groups attached to an aromatic ring is 1. The average molecular weight is 299 g/mol. The number of nitrogens with two attached hydrogens (primary N) is 1. The number of hydrogen-bond acceptors (Lipinski definition) is 4. The zero-order chi connectivity index (χ0) is 15.5. The number of nitrogens with zero attached hydrogens (tertiary/aromatic N) is 1. The van der Waals surface area contributed by atoms with Gasteiger partial charge in [0.2, 0.25) is 10.0 Å². The van der Waals surface area contributed by atoms with Crippen LogP contribution in [0.25, 0.3) is 0 Å². The highest BCUT2D eigenvalue weighted by Crippen LogP contribution is 2.25. The molecule has 0 heterocycles. The molecule has 1 aromatic rings. The monoisotopic (exact) mass is 299 g/mol. The number of sulfonamides is 1. The molecule has 0 radical (unpaired) electrons. The van der Waals surface area contributed by atoms with Crippen molar-refractivity contribution in [1.29, 1.82) is 0 Å². The summed E-state index contributed by atoms with van der Waals surface area (Å²) in [4.78, 5) is 0.210. The van der Waals surface area contributed by atoms with Crippen molar-refractivity contribution in [2.45, 2.75) is 38.1 Å². The van der Waals surface area contributed by atoms with Gasteiger partial charge in [0.1, 0.15) is 0 Å². The molecular weight excluding hydrogens is 274 g/mol. The van der Waals surface area contributed by atoms with Gasteiger partial charge < -0.3 is 11.1 Å². The number of hydrogen-bond donors (Lipinski definition) is 2. The van der Waals surface area contributed by atoms with Gasteiger partial charge in [0.05, 0.1) is 16.3 Å². The molecular formula is C14H25N3O2S. The Balaban J connectivity index is 3.01. The highest BCUT2D eigenvalue weighted by atomic mass is 32.2. The van der Waals surface area contributed by atoms with E-state index in [9.17, 15) is 8.42 Å². The predicted octanol–water partition coefficient (Wildman–Crippen LogP) is 2.37. The van der Waals surface area contributed by atoms with Gasteiger partial charge in [-0.2, -0.15) is 0 Å². The van der Waals surface area contributed by atoms with E-state index >= 15 is 0 Å². The average Bonchev–Trinajstić information content (AvgIpc) is 2.39. The Labute approximate surface area is 122 Å². The van der Waals surface area contributed by atoms with Gasteiger partial charge in [0.15, 0.2) is 0 Å². The first-order valence-electron chi connectivity index (χ1n) is 6.78. The first-order valence-corrected chi connectivity index (χ1v) is 8.22. The maximum Gasteiger partial charge on any atom is 0.242 e. The molecule has 0 aromatic heterocycles. The summed E-state index contributed by atoms with van der Waals surface area (Å²) < 4.78 is 25.2. The third-order valence-electron chi connectivity index (χ3n) is 3.68. The van der Waals surface area contributed by atoms with Gasteiger partial charge in [-0.25, -0.2) is 12.7 Å². The Hall–Kier alpha value is -1.27. The molecule has 0 aliphatic rings. The van der Waals surface area contributed by atoms with Crippen LogP contribution in [0.3, 0.4) is 0 Å². The molecule has 6 heteroatoms. The SMILES string of the molecule is CCC(C)C(C)Nc1ccc(S(=O)(=O)N(C)C)cc1N. The highest BCUT2D eigenvalue weighted by Gasteiger charge is 2.19. The van der Waals surface area contributed by atoms with Crippen molar-refractivity contribution in [2.75, 3.05) is 25.1 Å². The molecule has 0 aliphatic heterocycles. The van der Waals surface area contributed by atoms with E-state index in [-0.39, 0.29) is 10.9 Å². The normalized spacial score (nSPS) is 15.1. The maximum absolute atomic E-state index is 12.0. The minimum absolute atomic E-state index is 0.210. The standard InChI is InChI=1S/C14H25N3O2S/c1-6-10(2)11(3)16-14-8-7-12(9-13(14)15)20(18,19)17(4)5/h7-11,16H,6,15H2,1-5H3. The topological polar surface area (TPSA) is 75.4 Å². The lowest BCUT2D eigenvalue weighted by Gasteiger charge is -2.22. The Kier molecular flexibility index (Phi) is 5.42. The van der Waals surface area contributed by atoms with Crippen molar-refractivity contribution in [3.8, 4) is 0 Å². The van der Waals surface area contributed by atoms with E-state index in [4.69, 9.17) is 5.73 Å². The number of rotatable bonds is 6. The Morgan fingerprint density at radius 2 is 1.90 bits per heavy atom. The van der Waals surface area contributed by atoms with Gasteiger partial charge in [0.25, 0.3) is 0 Å². The van der Waals surface area contributed by atoms with Crippen molar-refractivity contribution >= 4 is 21.4 Å². The van der Waals surface area contributed by atoms with Crippen LogP contribution >= 0.6 is 0 Å². The third-order valence-corrected chi connectivity index (χ3v) is 5.49. The lowest BCUT2D eigenvalue weighted by molar-refractivity contribution is 0.495. The predicted molar refractivity (Wildman–Crippen MR) is 84.3 cm³/mol. The van der Waals surface area contributed by atoms with E-state index < -0.39 is 10.0 Å².